The number of furan rings is 1. The first kappa shape index (κ1) is 29.2. The van der Waals surface area contributed by atoms with E-state index in [-0.39, 0.29) is 29.7 Å². The van der Waals surface area contributed by atoms with Gasteiger partial charge in [0, 0.05) is 41.2 Å². The number of hydrogen-bond acceptors (Lipinski definition) is 10. The number of amides is 1. The van der Waals surface area contributed by atoms with Gasteiger partial charge in [-0.15, -0.1) is 0 Å². The number of hydrogen-bond donors (Lipinski definition) is 5. The van der Waals surface area contributed by atoms with Crippen molar-refractivity contribution in [3.05, 3.63) is 58.1 Å². The third-order valence-corrected chi connectivity index (χ3v) is 10.1. The fourth-order valence-corrected chi connectivity index (χ4v) is 7.91. The van der Waals surface area contributed by atoms with Crippen molar-refractivity contribution in [1.29, 1.82) is 0 Å². The van der Waals surface area contributed by atoms with Crippen LogP contribution in [0.15, 0.2) is 45.8 Å². The van der Waals surface area contributed by atoms with Crippen LogP contribution in [0.5, 0.6) is 5.75 Å². The fourth-order valence-electron chi connectivity index (χ4n) is 7.91. The Balaban J connectivity index is 1.49. The largest absolute Gasteiger partial charge is 0.508 e. The van der Waals surface area contributed by atoms with E-state index < -0.39 is 58.0 Å². The van der Waals surface area contributed by atoms with Gasteiger partial charge in [-0.1, -0.05) is 0 Å². The molecule has 1 amide bonds. The van der Waals surface area contributed by atoms with Gasteiger partial charge in [0.2, 0.25) is 5.78 Å². The minimum absolute atomic E-state index is 0.0225. The van der Waals surface area contributed by atoms with Crippen LogP contribution >= 0.6 is 0 Å². The number of likely N-dealkylation sites (N-methyl/N-ethyl adjacent to an activating group) is 1. The summed E-state index contributed by atoms with van der Waals surface area (Å²) in [6, 6.07) is 4.76. The number of aromatic hydroxyl groups is 1. The number of carbonyl (C=O) groups excluding carboxylic acids is 3. The lowest BCUT2D eigenvalue weighted by molar-refractivity contribution is -0.153. The van der Waals surface area contributed by atoms with Gasteiger partial charge in [0.25, 0.3) is 5.91 Å². The summed E-state index contributed by atoms with van der Waals surface area (Å²) in [7, 11) is 3.15. The van der Waals surface area contributed by atoms with Crippen LogP contribution in [0.3, 0.4) is 0 Å². The molecule has 0 bridgehead atoms. The molecule has 6 N–H and O–H groups in total. The molecule has 2 fully saturated rings. The number of nitrogens with two attached hydrogens (primary N) is 1. The van der Waals surface area contributed by atoms with Crippen molar-refractivity contribution < 1.29 is 39.2 Å². The molecule has 1 aromatic carbocycles. The van der Waals surface area contributed by atoms with Gasteiger partial charge in [0.1, 0.15) is 28.6 Å². The third kappa shape index (κ3) is 4.09. The second-order valence-corrected chi connectivity index (χ2v) is 12.7. The predicted octanol–water partition coefficient (Wildman–Crippen LogP) is 2.60. The highest BCUT2D eigenvalue weighted by Crippen LogP contribution is 2.54. The van der Waals surface area contributed by atoms with Crippen LogP contribution in [0.1, 0.15) is 49.8 Å². The zero-order valence-corrected chi connectivity index (χ0v) is 24.6. The Morgan fingerprint density at radius 1 is 1.12 bits per heavy atom. The maximum atomic E-state index is 14.1. The van der Waals surface area contributed by atoms with Crippen LogP contribution in [0, 0.1) is 11.8 Å². The van der Waals surface area contributed by atoms with Gasteiger partial charge >= 0.3 is 0 Å². The van der Waals surface area contributed by atoms with Gasteiger partial charge in [0.05, 0.1) is 17.9 Å². The molecule has 43 heavy (non-hydrogen) atoms. The molecule has 2 heterocycles. The van der Waals surface area contributed by atoms with Gasteiger partial charge in [-0.25, -0.2) is 0 Å². The van der Waals surface area contributed by atoms with E-state index in [9.17, 15) is 34.8 Å². The Hall–Kier alpha value is -3.93. The average Bonchev–Trinajstić information content (AvgIpc) is 3.52. The molecule has 1 saturated heterocycles. The number of rotatable bonds is 5. The van der Waals surface area contributed by atoms with Crippen LogP contribution in [0.25, 0.3) is 17.1 Å². The molecule has 0 unspecified atom stereocenters. The number of Topliss-reactive ketones (excluding diaryl/α,β-unsaturated/α-hetero) is 2. The van der Waals surface area contributed by atoms with E-state index in [4.69, 9.17) is 10.2 Å². The SMILES string of the molecule is C[C@@H]1CC[C@@H](C)N1Cc1ccoc1-c1ccc(O)c2c1C[C@H]1C[C@H]3[C@H](N(C)C)C(=O)C(C(N)=O)=C(O)[C@@]3(O)C(=O)C1=C2O. The number of carbonyl (C=O) groups is 3. The quantitative estimate of drug-likeness (QED) is 0.325. The second-order valence-electron chi connectivity index (χ2n) is 12.7. The van der Waals surface area contributed by atoms with Crippen LogP contribution in [0.4, 0.5) is 0 Å². The molecule has 11 nitrogen and oxygen atoms in total. The highest BCUT2D eigenvalue weighted by molar-refractivity contribution is 6.24. The lowest BCUT2D eigenvalue weighted by atomic mass is 9.57. The molecule has 1 aromatic heterocycles. The summed E-state index contributed by atoms with van der Waals surface area (Å²) in [5, 5.41) is 45.3. The first-order valence-corrected chi connectivity index (χ1v) is 14.6. The summed E-state index contributed by atoms with van der Waals surface area (Å²) >= 11 is 0. The summed E-state index contributed by atoms with van der Waals surface area (Å²) in [4.78, 5) is 43.5. The van der Waals surface area contributed by atoms with E-state index in [0.29, 0.717) is 35.5 Å². The number of aliphatic hydroxyl groups is 3. The Labute approximate surface area is 248 Å². The second kappa shape index (κ2) is 10.1. The first-order valence-electron chi connectivity index (χ1n) is 14.6. The van der Waals surface area contributed by atoms with E-state index in [1.807, 2.05) is 6.07 Å². The number of nitrogens with zero attached hydrogens (tertiary/aromatic N) is 2. The summed E-state index contributed by atoms with van der Waals surface area (Å²) in [5.41, 5.74) is 3.94. The average molecular weight is 592 g/mol. The maximum absolute atomic E-state index is 14.1. The zero-order valence-electron chi connectivity index (χ0n) is 24.6. The van der Waals surface area contributed by atoms with Crippen molar-refractivity contribution in [2.45, 2.75) is 69.8 Å². The van der Waals surface area contributed by atoms with Crippen molar-refractivity contribution in [2.75, 3.05) is 14.1 Å². The Morgan fingerprint density at radius 2 is 1.79 bits per heavy atom. The van der Waals surface area contributed by atoms with E-state index in [1.165, 1.54) is 11.0 Å². The molecule has 1 aliphatic heterocycles. The number of likely N-dealkylation sites (tertiary alicyclic amines) is 1. The summed E-state index contributed by atoms with van der Waals surface area (Å²) in [6.45, 7) is 5.07. The van der Waals surface area contributed by atoms with E-state index >= 15 is 0 Å². The molecule has 6 atom stereocenters. The Morgan fingerprint density at radius 3 is 2.42 bits per heavy atom. The molecule has 228 valence electrons. The predicted molar refractivity (Wildman–Crippen MR) is 156 cm³/mol. The van der Waals surface area contributed by atoms with E-state index in [1.54, 1.807) is 26.4 Å². The highest BCUT2D eigenvalue weighted by atomic mass is 16.3. The molecule has 0 radical (unpaired) electrons. The Bertz CT molecular complexity index is 1610. The lowest BCUT2D eigenvalue weighted by Crippen LogP contribution is -2.65. The number of aliphatic hydroxyl groups excluding tert-OH is 2. The molecule has 0 spiro atoms. The van der Waals surface area contributed by atoms with Gasteiger partial charge in [-0.3, -0.25) is 24.2 Å². The van der Waals surface area contributed by atoms with Crippen molar-refractivity contribution >= 4 is 23.2 Å². The van der Waals surface area contributed by atoms with Gasteiger partial charge in [-0.2, -0.15) is 0 Å². The number of phenolic OH excluding ortho intramolecular Hbond substituents is 1. The molecule has 2 aromatic rings. The van der Waals surface area contributed by atoms with Gasteiger partial charge in [0.15, 0.2) is 11.4 Å². The molecule has 4 aliphatic rings. The molecular formula is C32H37N3O8. The molecule has 6 rings (SSSR count). The van der Waals surface area contributed by atoms with Crippen molar-refractivity contribution in [2.24, 2.45) is 17.6 Å². The first-order chi connectivity index (χ1) is 20.3. The molecule has 11 heteroatoms. The van der Waals surface area contributed by atoms with Gasteiger partial charge < -0.3 is 30.6 Å². The van der Waals surface area contributed by atoms with E-state index in [0.717, 1.165) is 18.4 Å². The summed E-state index contributed by atoms with van der Waals surface area (Å²) < 4.78 is 6.00. The normalized spacial score (nSPS) is 31.0. The van der Waals surface area contributed by atoms with Crippen molar-refractivity contribution in [3.8, 4) is 17.1 Å². The lowest BCUT2D eigenvalue weighted by Gasteiger charge is -2.50. The Kier molecular flexibility index (Phi) is 6.83. The smallest absolute Gasteiger partial charge is 0.255 e. The number of phenols is 1. The minimum Gasteiger partial charge on any atom is -0.508 e. The number of fused-ring (bicyclic) bond motifs is 3. The van der Waals surface area contributed by atoms with Gasteiger partial charge in [-0.05, 0) is 83.3 Å². The van der Waals surface area contributed by atoms with Crippen LogP contribution in [-0.2, 0) is 27.3 Å². The topological polar surface area (TPSA) is 178 Å². The fraction of sp³-hybridized carbons (Fsp3) is 0.469. The minimum atomic E-state index is -2.67. The molecule has 1 saturated carbocycles. The number of ketones is 2. The molecular weight excluding hydrogens is 554 g/mol. The van der Waals surface area contributed by atoms with Crippen LogP contribution < -0.4 is 5.73 Å². The zero-order chi connectivity index (χ0) is 31.1. The van der Waals surface area contributed by atoms with Crippen molar-refractivity contribution in [1.82, 2.24) is 9.80 Å². The maximum Gasteiger partial charge on any atom is 0.255 e. The third-order valence-electron chi connectivity index (χ3n) is 10.1. The number of primary amides is 1. The number of benzene rings is 1. The van der Waals surface area contributed by atoms with Crippen molar-refractivity contribution in [3.63, 3.8) is 0 Å². The summed E-state index contributed by atoms with van der Waals surface area (Å²) in [6.07, 6.45) is 4.04. The van der Waals surface area contributed by atoms with E-state index in [2.05, 4.69) is 18.7 Å². The summed E-state index contributed by atoms with van der Waals surface area (Å²) in [5.74, 6) is -6.17. The molecule has 3 aliphatic carbocycles. The van der Waals surface area contributed by atoms with Crippen LogP contribution in [-0.4, -0.2) is 85.5 Å². The standard InChI is InChI=1S/C32H37N3O8/c1-14-5-6-15(2)35(14)13-16-9-10-43-28(16)18-7-8-21(36)23-19(18)11-17-12-20-25(34(3)4)27(38)24(31(33)41)30(40)32(20,42)29(39)22(17)26(23)37/h7-10,14-15,17,20,25,36-37,40,42H,5-6,11-13H2,1-4H3,(H2,33,41)/t14-,15-,17+,20+,25+,32+/m1/s1. The monoisotopic (exact) mass is 591 g/mol. The van der Waals surface area contributed by atoms with Crippen LogP contribution in [0.2, 0.25) is 0 Å². The highest BCUT2D eigenvalue weighted by Gasteiger charge is 2.64.